The lowest BCUT2D eigenvalue weighted by atomic mass is 10.2. The minimum Gasteiger partial charge on any atom is -0.355 e. The van der Waals surface area contributed by atoms with Crippen LogP contribution in [0.2, 0.25) is 0 Å². The molecule has 0 saturated heterocycles. The van der Waals surface area contributed by atoms with Crippen molar-refractivity contribution >= 4 is 51.3 Å². The molecule has 0 unspecified atom stereocenters. The van der Waals surface area contributed by atoms with Crippen LogP contribution in [0.15, 0.2) is 51.7 Å². The van der Waals surface area contributed by atoms with Gasteiger partial charge in [-0.15, -0.1) is 35.3 Å². The van der Waals surface area contributed by atoms with Crippen LogP contribution in [-0.2, 0) is 16.4 Å². The fraction of sp³-hybridized carbons (Fsp3) is 0.389. The van der Waals surface area contributed by atoms with E-state index in [-0.39, 0.29) is 35.4 Å². The van der Waals surface area contributed by atoms with Crippen LogP contribution >= 0.6 is 35.3 Å². The maximum atomic E-state index is 12.2. The van der Waals surface area contributed by atoms with E-state index in [1.54, 1.807) is 42.6 Å². The van der Waals surface area contributed by atoms with Gasteiger partial charge >= 0.3 is 0 Å². The number of rotatable bonds is 8. The van der Waals surface area contributed by atoms with Crippen LogP contribution in [0.25, 0.3) is 0 Å². The lowest BCUT2D eigenvalue weighted by Gasteiger charge is -2.21. The van der Waals surface area contributed by atoms with E-state index in [1.165, 1.54) is 4.88 Å². The van der Waals surface area contributed by atoms with Gasteiger partial charge in [0.1, 0.15) is 0 Å². The van der Waals surface area contributed by atoms with Crippen molar-refractivity contribution in [1.29, 1.82) is 0 Å². The summed E-state index contributed by atoms with van der Waals surface area (Å²) in [6, 6.07) is 11.0. The van der Waals surface area contributed by atoms with Crippen molar-refractivity contribution in [2.24, 2.45) is 4.99 Å². The van der Waals surface area contributed by atoms with E-state index in [9.17, 15) is 8.42 Å². The fourth-order valence-corrected chi connectivity index (χ4v) is 4.11. The molecule has 2 N–H and O–H groups in total. The number of aliphatic imine (C=N–C) groups is 1. The standard InChI is InChI=1S/C18H26N4O2S2.HI/c1-15-6-8-17(9-7-15)26(23,24)21-12-11-20-18(19-2)22(3)13-10-16-5-4-14-25-16;/h4-9,14,21H,10-13H2,1-3H3,(H,19,20);1H. The summed E-state index contributed by atoms with van der Waals surface area (Å²) in [5.74, 6) is 0.746. The molecule has 0 radical (unpaired) electrons. The maximum Gasteiger partial charge on any atom is 0.240 e. The number of likely N-dealkylation sites (N-methyl/N-ethyl adjacent to an activating group) is 1. The van der Waals surface area contributed by atoms with Gasteiger partial charge < -0.3 is 10.2 Å². The van der Waals surface area contributed by atoms with Gasteiger partial charge in [0.2, 0.25) is 10.0 Å². The van der Waals surface area contributed by atoms with Crippen molar-refractivity contribution < 1.29 is 8.42 Å². The van der Waals surface area contributed by atoms with Crippen molar-refractivity contribution in [1.82, 2.24) is 14.9 Å². The van der Waals surface area contributed by atoms with E-state index in [1.807, 2.05) is 24.9 Å². The second-order valence-corrected chi connectivity index (χ2v) is 8.73. The SMILES string of the molecule is CN=C(NCCNS(=O)(=O)c1ccc(C)cc1)N(C)CCc1cccs1.I. The number of nitrogens with zero attached hydrogens (tertiary/aromatic N) is 2. The molecule has 0 saturated carbocycles. The number of aryl methyl sites for hydroxylation is 1. The van der Waals surface area contributed by atoms with Crippen LogP contribution in [0.4, 0.5) is 0 Å². The van der Waals surface area contributed by atoms with Crippen LogP contribution in [0, 0.1) is 6.92 Å². The summed E-state index contributed by atoms with van der Waals surface area (Å²) in [4.78, 5) is 7.89. The summed E-state index contributed by atoms with van der Waals surface area (Å²) < 4.78 is 27.1. The molecule has 0 atom stereocenters. The molecule has 1 aromatic heterocycles. The van der Waals surface area contributed by atoms with E-state index in [4.69, 9.17) is 0 Å². The molecule has 0 bridgehead atoms. The molecule has 0 aliphatic carbocycles. The summed E-state index contributed by atoms with van der Waals surface area (Å²) in [7, 11) is 0.210. The van der Waals surface area contributed by atoms with Crippen molar-refractivity contribution in [2.75, 3.05) is 33.7 Å². The smallest absolute Gasteiger partial charge is 0.240 e. The molecular formula is C18H27IN4O2S2. The van der Waals surface area contributed by atoms with Gasteiger partial charge in [0, 0.05) is 38.6 Å². The Kier molecular flexibility index (Phi) is 10.3. The molecular weight excluding hydrogens is 495 g/mol. The van der Waals surface area contributed by atoms with Crippen molar-refractivity contribution in [3.05, 3.63) is 52.2 Å². The van der Waals surface area contributed by atoms with E-state index >= 15 is 0 Å². The summed E-state index contributed by atoms with van der Waals surface area (Å²) >= 11 is 1.74. The van der Waals surface area contributed by atoms with Gasteiger partial charge in [-0.3, -0.25) is 4.99 Å². The Bertz CT molecular complexity index is 806. The highest BCUT2D eigenvalue weighted by Crippen LogP contribution is 2.10. The van der Waals surface area contributed by atoms with Crippen molar-refractivity contribution in [2.45, 2.75) is 18.2 Å². The Morgan fingerprint density at radius 2 is 1.89 bits per heavy atom. The van der Waals surface area contributed by atoms with Crippen LogP contribution in [-0.4, -0.2) is 53.0 Å². The maximum absolute atomic E-state index is 12.2. The van der Waals surface area contributed by atoms with E-state index in [2.05, 4.69) is 26.5 Å². The average Bonchev–Trinajstić information content (AvgIpc) is 3.13. The highest BCUT2D eigenvalue weighted by atomic mass is 127. The van der Waals surface area contributed by atoms with Gasteiger partial charge in [0.05, 0.1) is 4.90 Å². The first-order valence-corrected chi connectivity index (χ1v) is 10.8. The van der Waals surface area contributed by atoms with Crippen LogP contribution < -0.4 is 10.0 Å². The zero-order valence-corrected chi connectivity index (χ0v) is 19.8. The molecule has 9 heteroatoms. The Balaban J connectivity index is 0.00000364. The third kappa shape index (κ3) is 7.76. The molecule has 0 spiro atoms. The van der Waals surface area contributed by atoms with Gasteiger partial charge in [-0.2, -0.15) is 0 Å². The molecule has 1 aromatic carbocycles. The quantitative estimate of drug-likeness (QED) is 0.242. The normalized spacial score (nSPS) is 11.7. The number of guanidine groups is 1. The molecule has 0 fully saturated rings. The largest absolute Gasteiger partial charge is 0.355 e. The molecule has 0 aliphatic rings. The molecule has 150 valence electrons. The van der Waals surface area contributed by atoms with E-state index < -0.39 is 10.0 Å². The fourth-order valence-electron chi connectivity index (χ4n) is 2.38. The van der Waals surface area contributed by atoms with Gasteiger partial charge in [0.25, 0.3) is 0 Å². The summed E-state index contributed by atoms with van der Waals surface area (Å²) in [6.07, 6.45) is 0.953. The Labute approximate surface area is 183 Å². The van der Waals surface area contributed by atoms with E-state index in [0.717, 1.165) is 24.5 Å². The first-order chi connectivity index (χ1) is 12.4. The molecule has 2 aromatic rings. The highest BCUT2D eigenvalue weighted by molar-refractivity contribution is 14.0. The van der Waals surface area contributed by atoms with Gasteiger partial charge in [-0.05, 0) is 36.9 Å². The van der Waals surface area contributed by atoms with E-state index in [0.29, 0.717) is 6.54 Å². The van der Waals surface area contributed by atoms with Gasteiger partial charge in [0.15, 0.2) is 5.96 Å². The third-order valence-electron chi connectivity index (χ3n) is 3.88. The van der Waals surface area contributed by atoms with Gasteiger partial charge in [-0.25, -0.2) is 13.1 Å². The first-order valence-electron chi connectivity index (χ1n) is 8.43. The second kappa shape index (κ2) is 11.6. The number of hydrogen-bond acceptors (Lipinski definition) is 4. The van der Waals surface area contributed by atoms with Crippen molar-refractivity contribution in [3.8, 4) is 0 Å². The zero-order chi connectivity index (χ0) is 19.0. The molecule has 0 amide bonds. The number of benzene rings is 1. The minimum atomic E-state index is -3.48. The van der Waals surface area contributed by atoms with Gasteiger partial charge in [-0.1, -0.05) is 23.8 Å². The number of hydrogen-bond donors (Lipinski definition) is 2. The zero-order valence-electron chi connectivity index (χ0n) is 15.8. The lowest BCUT2D eigenvalue weighted by Crippen LogP contribution is -2.43. The summed E-state index contributed by atoms with van der Waals surface area (Å²) in [6.45, 7) is 3.51. The summed E-state index contributed by atoms with van der Waals surface area (Å²) in [5, 5.41) is 5.26. The monoisotopic (exact) mass is 522 g/mol. The Hall–Kier alpha value is -1.17. The average molecular weight is 522 g/mol. The van der Waals surface area contributed by atoms with Crippen LogP contribution in [0.5, 0.6) is 0 Å². The number of thiophene rings is 1. The second-order valence-electron chi connectivity index (χ2n) is 5.94. The molecule has 27 heavy (non-hydrogen) atoms. The lowest BCUT2D eigenvalue weighted by molar-refractivity contribution is 0.486. The Morgan fingerprint density at radius 1 is 1.19 bits per heavy atom. The predicted octanol–water partition coefficient (Wildman–Crippen LogP) is 2.70. The number of nitrogens with one attached hydrogen (secondary N) is 2. The highest BCUT2D eigenvalue weighted by Gasteiger charge is 2.13. The first kappa shape index (κ1) is 23.9. The Morgan fingerprint density at radius 3 is 2.48 bits per heavy atom. The topological polar surface area (TPSA) is 73.8 Å². The molecule has 0 aliphatic heterocycles. The molecule has 2 rings (SSSR count). The van der Waals surface area contributed by atoms with Crippen molar-refractivity contribution in [3.63, 3.8) is 0 Å². The van der Waals surface area contributed by atoms with Crippen LogP contribution in [0.1, 0.15) is 10.4 Å². The number of halogens is 1. The molecule has 1 heterocycles. The predicted molar refractivity (Wildman–Crippen MR) is 124 cm³/mol. The third-order valence-corrected chi connectivity index (χ3v) is 6.29. The summed E-state index contributed by atoms with van der Waals surface area (Å²) in [5.41, 5.74) is 1.03. The van der Waals surface area contributed by atoms with Crippen LogP contribution in [0.3, 0.4) is 0 Å². The molecule has 6 nitrogen and oxygen atoms in total. The minimum absolute atomic E-state index is 0. The number of sulfonamides is 1.